The summed E-state index contributed by atoms with van der Waals surface area (Å²) >= 11 is 0. The fraction of sp³-hybridized carbons (Fsp3) is 0.611. The number of likely N-dealkylation sites (tertiary alicyclic amines) is 2. The molecule has 1 unspecified atom stereocenters. The van der Waals surface area contributed by atoms with Crippen molar-refractivity contribution in [3.8, 4) is 0 Å². The first-order valence-electron chi connectivity index (χ1n) is 8.15. The van der Waals surface area contributed by atoms with Crippen LogP contribution in [0.5, 0.6) is 0 Å². The van der Waals surface area contributed by atoms with Crippen LogP contribution < -0.4 is 0 Å². The second kappa shape index (κ2) is 5.58. The van der Waals surface area contributed by atoms with Gasteiger partial charge in [0.1, 0.15) is 5.60 Å². The fourth-order valence-electron chi connectivity index (χ4n) is 3.48. The molecule has 1 spiro atoms. The van der Waals surface area contributed by atoms with Gasteiger partial charge in [-0.3, -0.25) is 4.90 Å². The number of hydrogen-bond donors (Lipinski definition) is 0. The molecule has 2 fully saturated rings. The Labute approximate surface area is 133 Å². The number of rotatable bonds is 2. The highest BCUT2D eigenvalue weighted by Crippen LogP contribution is 2.40. The molecule has 1 atom stereocenters. The van der Waals surface area contributed by atoms with Gasteiger partial charge in [0.2, 0.25) is 0 Å². The molecule has 0 N–H and O–H groups in total. The maximum Gasteiger partial charge on any atom is 0.410 e. The van der Waals surface area contributed by atoms with Crippen molar-refractivity contribution >= 4 is 6.09 Å². The van der Waals surface area contributed by atoms with Crippen molar-refractivity contribution in [2.45, 2.75) is 51.3 Å². The van der Waals surface area contributed by atoms with Crippen LogP contribution in [0.3, 0.4) is 0 Å². The Hall–Kier alpha value is -1.55. The maximum atomic E-state index is 12.4. The Morgan fingerprint density at radius 3 is 2.45 bits per heavy atom. The summed E-state index contributed by atoms with van der Waals surface area (Å²) in [6.45, 7) is 9.57. The van der Waals surface area contributed by atoms with Crippen molar-refractivity contribution in [3.05, 3.63) is 35.9 Å². The lowest BCUT2D eigenvalue weighted by Gasteiger charge is -2.50. The highest BCUT2D eigenvalue weighted by Gasteiger charge is 2.52. The van der Waals surface area contributed by atoms with Gasteiger partial charge < -0.3 is 9.64 Å². The van der Waals surface area contributed by atoms with Crippen LogP contribution in [0.25, 0.3) is 0 Å². The Bertz CT molecular complexity index is 538. The molecule has 2 aliphatic rings. The van der Waals surface area contributed by atoms with E-state index >= 15 is 0 Å². The van der Waals surface area contributed by atoms with Gasteiger partial charge >= 0.3 is 6.09 Å². The van der Waals surface area contributed by atoms with Crippen molar-refractivity contribution in [1.29, 1.82) is 0 Å². The van der Waals surface area contributed by atoms with Gasteiger partial charge in [0.05, 0.1) is 5.54 Å². The summed E-state index contributed by atoms with van der Waals surface area (Å²) in [6, 6.07) is 10.5. The third-order valence-electron chi connectivity index (χ3n) is 4.65. The van der Waals surface area contributed by atoms with Gasteiger partial charge in [-0.05, 0) is 39.2 Å². The van der Waals surface area contributed by atoms with Crippen LogP contribution in [0.2, 0.25) is 0 Å². The molecule has 0 radical (unpaired) electrons. The van der Waals surface area contributed by atoms with Crippen LogP contribution in [0.4, 0.5) is 4.79 Å². The van der Waals surface area contributed by atoms with Gasteiger partial charge in [-0.2, -0.15) is 0 Å². The molecule has 2 aliphatic heterocycles. The summed E-state index contributed by atoms with van der Waals surface area (Å²) < 4.78 is 5.55. The van der Waals surface area contributed by atoms with E-state index in [4.69, 9.17) is 4.74 Å². The van der Waals surface area contributed by atoms with Crippen molar-refractivity contribution in [2.75, 3.05) is 19.6 Å². The second-order valence-corrected chi connectivity index (χ2v) is 7.55. The summed E-state index contributed by atoms with van der Waals surface area (Å²) in [7, 11) is 0. The lowest BCUT2D eigenvalue weighted by molar-refractivity contribution is -0.0406. The van der Waals surface area contributed by atoms with Gasteiger partial charge in [0.25, 0.3) is 0 Å². The van der Waals surface area contributed by atoms with Crippen molar-refractivity contribution in [3.63, 3.8) is 0 Å². The molecule has 0 aliphatic carbocycles. The third kappa shape index (κ3) is 3.12. The molecule has 1 aromatic rings. The molecule has 1 amide bonds. The normalized spacial score (nSPS) is 25.3. The quantitative estimate of drug-likeness (QED) is 0.840. The van der Waals surface area contributed by atoms with E-state index in [1.165, 1.54) is 5.56 Å². The van der Waals surface area contributed by atoms with Crippen LogP contribution in [0, 0.1) is 0 Å². The fourth-order valence-corrected chi connectivity index (χ4v) is 3.48. The molecule has 2 heterocycles. The molecular weight excluding hydrogens is 276 g/mol. The Morgan fingerprint density at radius 2 is 1.86 bits per heavy atom. The summed E-state index contributed by atoms with van der Waals surface area (Å²) in [5, 5.41) is 0. The molecule has 1 aromatic carbocycles. The minimum atomic E-state index is -0.420. The number of nitrogens with zero attached hydrogens (tertiary/aromatic N) is 2. The molecule has 0 aromatic heterocycles. The summed E-state index contributed by atoms with van der Waals surface area (Å²) in [5.74, 6) is 0. The first kappa shape index (κ1) is 15.3. The predicted molar refractivity (Wildman–Crippen MR) is 86.6 cm³/mol. The first-order valence-corrected chi connectivity index (χ1v) is 8.15. The number of carbonyl (C=O) groups excluding carboxylic acids is 1. The van der Waals surface area contributed by atoms with Crippen LogP contribution in [-0.2, 0) is 11.3 Å². The number of ether oxygens (including phenoxy) is 1. The zero-order valence-electron chi connectivity index (χ0n) is 13.8. The minimum absolute atomic E-state index is 0.0110. The lowest BCUT2D eigenvalue weighted by atomic mass is 9.84. The van der Waals surface area contributed by atoms with Gasteiger partial charge in [-0.1, -0.05) is 30.3 Å². The maximum absolute atomic E-state index is 12.4. The minimum Gasteiger partial charge on any atom is -0.444 e. The molecule has 22 heavy (non-hydrogen) atoms. The van der Waals surface area contributed by atoms with E-state index < -0.39 is 5.60 Å². The highest BCUT2D eigenvalue weighted by atomic mass is 16.6. The smallest absolute Gasteiger partial charge is 0.410 e. The molecule has 4 nitrogen and oxygen atoms in total. The SMILES string of the molecule is CC(C)(C)OC(=O)N1CCC12CCN(Cc1ccccc1)C2. The molecule has 0 saturated carbocycles. The number of carbonyl (C=O) groups is 1. The van der Waals surface area contributed by atoms with Gasteiger partial charge in [-0.15, -0.1) is 0 Å². The highest BCUT2D eigenvalue weighted by molar-refractivity contribution is 5.70. The predicted octanol–water partition coefficient (Wildman–Crippen LogP) is 3.27. The van der Waals surface area contributed by atoms with E-state index in [-0.39, 0.29) is 11.6 Å². The van der Waals surface area contributed by atoms with Crippen molar-refractivity contribution in [2.24, 2.45) is 0 Å². The number of hydrogen-bond acceptors (Lipinski definition) is 3. The molecule has 0 bridgehead atoms. The van der Waals surface area contributed by atoms with Gasteiger partial charge in [0.15, 0.2) is 0 Å². The lowest BCUT2D eigenvalue weighted by Crippen LogP contribution is -2.64. The Balaban J connectivity index is 1.60. The van der Waals surface area contributed by atoms with E-state index in [0.29, 0.717) is 0 Å². The zero-order valence-corrected chi connectivity index (χ0v) is 13.8. The molecular formula is C18H26N2O2. The molecule has 120 valence electrons. The Morgan fingerprint density at radius 1 is 1.18 bits per heavy atom. The molecule has 3 rings (SSSR count). The summed E-state index contributed by atoms with van der Waals surface area (Å²) in [5.41, 5.74) is 0.926. The Kier molecular flexibility index (Phi) is 3.89. The van der Waals surface area contributed by atoms with Crippen LogP contribution >= 0.6 is 0 Å². The number of amides is 1. The average molecular weight is 302 g/mol. The van der Waals surface area contributed by atoms with E-state index in [9.17, 15) is 4.79 Å². The summed E-state index contributed by atoms with van der Waals surface area (Å²) in [6.07, 6.45) is 2.00. The van der Waals surface area contributed by atoms with Crippen LogP contribution in [0.1, 0.15) is 39.2 Å². The first-order chi connectivity index (χ1) is 10.4. The van der Waals surface area contributed by atoms with E-state index in [1.807, 2.05) is 31.7 Å². The van der Waals surface area contributed by atoms with E-state index in [0.717, 1.165) is 39.0 Å². The van der Waals surface area contributed by atoms with Crippen LogP contribution in [0.15, 0.2) is 30.3 Å². The topological polar surface area (TPSA) is 32.8 Å². The molecule has 2 saturated heterocycles. The zero-order chi connectivity index (χ0) is 15.8. The molecule has 4 heteroatoms. The monoisotopic (exact) mass is 302 g/mol. The summed E-state index contributed by atoms with van der Waals surface area (Å²) in [4.78, 5) is 16.8. The average Bonchev–Trinajstić information content (AvgIpc) is 2.83. The standard InChI is InChI=1S/C18H26N2O2/c1-17(2,3)22-16(21)20-12-10-18(20)9-11-19(14-18)13-15-7-5-4-6-8-15/h4-8H,9-14H2,1-3H3. The van der Waals surface area contributed by atoms with E-state index in [1.54, 1.807) is 0 Å². The van der Waals surface area contributed by atoms with Crippen molar-refractivity contribution in [1.82, 2.24) is 9.80 Å². The van der Waals surface area contributed by atoms with Crippen LogP contribution in [-0.4, -0.2) is 46.7 Å². The largest absolute Gasteiger partial charge is 0.444 e. The van der Waals surface area contributed by atoms with E-state index in [2.05, 4.69) is 29.2 Å². The van der Waals surface area contributed by atoms with Gasteiger partial charge in [-0.25, -0.2) is 4.79 Å². The second-order valence-electron chi connectivity index (χ2n) is 7.55. The van der Waals surface area contributed by atoms with Crippen molar-refractivity contribution < 1.29 is 9.53 Å². The number of benzene rings is 1. The van der Waals surface area contributed by atoms with Gasteiger partial charge in [0, 0.05) is 26.2 Å². The third-order valence-corrected chi connectivity index (χ3v) is 4.65.